The third-order valence-electron chi connectivity index (χ3n) is 7.05. The van der Waals surface area contributed by atoms with Crippen molar-refractivity contribution in [3.63, 3.8) is 0 Å². The predicted molar refractivity (Wildman–Crippen MR) is 119 cm³/mol. The van der Waals surface area contributed by atoms with E-state index < -0.39 is 10.0 Å². The first kappa shape index (κ1) is 22.3. The molecule has 4 rings (SSSR count). The van der Waals surface area contributed by atoms with E-state index >= 15 is 0 Å². The molecule has 1 aromatic carbocycles. The van der Waals surface area contributed by atoms with Crippen LogP contribution < -0.4 is 4.90 Å². The first-order chi connectivity index (χ1) is 14.8. The second-order valence-electron chi connectivity index (χ2n) is 9.29. The molecule has 8 heteroatoms. The van der Waals surface area contributed by atoms with Crippen molar-refractivity contribution in [2.45, 2.75) is 69.7 Å². The monoisotopic (exact) mass is 447 g/mol. The molecule has 7 nitrogen and oxygen atoms in total. The number of benzene rings is 1. The summed E-state index contributed by atoms with van der Waals surface area (Å²) in [5, 5.41) is 0. The van der Waals surface area contributed by atoms with E-state index in [9.17, 15) is 18.0 Å². The maximum atomic E-state index is 13.1. The standard InChI is InChI=1S/C23H33N3O4S/c1-17-10-13-24(14-11-17)31(29,30)20-7-8-21-19(15-20)6-9-22(27)26(21)16-23(28)25-12-4-3-5-18(25)2/h7-8,15,17-18H,3-6,9-14,16H2,1-2H3/t18-/m1/s1. The summed E-state index contributed by atoms with van der Waals surface area (Å²) in [6.45, 7) is 6.07. The molecule has 0 aromatic heterocycles. The Kier molecular flexibility index (Phi) is 6.40. The van der Waals surface area contributed by atoms with E-state index in [1.54, 1.807) is 27.4 Å². The normalized spacial score (nSPS) is 23.7. The molecule has 2 amide bonds. The van der Waals surface area contributed by atoms with Crippen LogP contribution >= 0.6 is 0 Å². The molecule has 3 aliphatic heterocycles. The van der Waals surface area contributed by atoms with Crippen molar-refractivity contribution in [2.24, 2.45) is 5.92 Å². The summed E-state index contributed by atoms with van der Waals surface area (Å²) in [5.41, 5.74) is 1.49. The van der Waals surface area contributed by atoms with Crippen LogP contribution in [0.3, 0.4) is 0 Å². The Labute approximate surface area is 185 Å². The number of sulfonamides is 1. The van der Waals surface area contributed by atoms with Crippen molar-refractivity contribution < 1.29 is 18.0 Å². The lowest BCUT2D eigenvalue weighted by molar-refractivity contribution is -0.134. The lowest BCUT2D eigenvalue weighted by Crippen LogP contribution is -2.49. The predicted octanol–water partition coefficient (Wildman–Crippen LogP) is 2.79. The summed E-state index contributed by atoms with van der Waals surface area (Å²) in [7, 11) is -3.54. The van der Waals surface area contributed by atoms with Gasteiger partial charge in [0, 0.05) is 37.8 Å². The van der Waals surface area contributed by atoms with Gasteiger partial charge in [-0.15, -0.1) is 0 Å². The smallest absolute Gasteiger partial charge is 0.243 e. The van der Waals surface area contributed by atoms with Crippen LogP contribution in [0.15, 0.2) is 23.1 Å². The third-order valence-corrected chi connectivity index (χ3v) is 8.94. The number of carbonyl (C=O) groups excluding carboxylic acids is 2. The molecule has 1 aromatic rings. The zero-order valence-electron chi connectivity index (χ0n) is 18.5. The van der Waals surface area contributed by atoms with Gasteiger partial charge in [-0.05, 0) is 75.1 Å². The molecule has 2 saturated heterocycles. The SMILES string of the molecule is CC1CCN(S(=O)(=O)c2ccc3c(c2)CCC(=O)N3CC(=O)N2CCCC[C@H]2C)CC1. The fourth-order valence-corrected chi connectivity index (χ4v) is 6.46. The third kappa shape index (κ3) is 4.51. The fourth-order valence-electron chi connectivity index (χ4n) is 4.94. The molecule has 0 spiro atoms. The molecule has 3 heterocycles. The van der Waals surface area contributed by atoms with Crippen LogP contribution in [0.1, 0.15) is 57.9 Å². The second-order valence-corrected chi connectivity index (χ2v) is 11.2. The Morgan fingerprint density at radius 3 is 2.48 bits per heavy atom. The van der Waals surface area contributed by atoms with Gasteiger partial charge in [0.05, 0.1) is 4.90 Å². The molecule has 1 atom stereocenters. The Bertz CT molecular complexity index is 954. The lowest BCUT2D eigenvalue weighted by atomic mass is 10.0. The van der Waals surface area contributed by atoms with Gasteiger partial charge in [-0.2, -0.15) is 4.31 Å². The van der Waals surface area contributed by atoms with Crippen molar-refractivity contribution in [2.75, 3.05) is 31.1 Å². The van der Waals surface area contributed by atoms with E-state index in [4.69, 9.17) is 0 Å². The number of amides is 2. The van der Waals surface area contributed by atoms with E-state index in [1.165, 1.54) is 0 Å². The first-order valence-electron chi connectivity index (χ1n) is 11.5. The number of hydrogen-bond donors (Lipinski definition) is 0. The Morgan fingerprint density at radius 2 is 1.77 bits per heavy atom. The largest absolute Gasteiger partial charge is 0.338 e. The van der Waals surface area contributed by atoms with E-state index in [-0.39, 0.29) is 29.3 Å². The molecule has 0 unspecified atom stereocenters. The van der Waals surface area contributed by atoms with Gasteiger partial charge in [0.25, 0.3) is 0 Å². The number of piperidine rings is 2. The van der Waals surface area contributed by atoms with E-state index in [1.807, 2.05) is 4.90 Å². The number of carbonyl (C=O) groups is 2. The summed E-state index contributed by atoms with van der Waals surface area (Å²) >= 11 is 0. The number of rotatable bonds is 4. The molecule has 2 fully saturated rings. The van der Waals surface area contributed by atoms with Crippen molar-refractivity contribution >= 4 is 27.5 Å². The van der Waals surface area contributed by atoms with Crippen LogP contribution in [0.25, 0.3) is 0 Å². The molecular weight excluding hydrogens is 414 g/mol. The summed E-state index contributed by atoms with van der Waals surface area (Å²) < 4.78 is 27.8. The Balaban J connectivity index is 1.55. The average molecular weight is 448 g/mol. The number of nitrogens with zero attached hydrogens (tertiary/aromatic N) is 3. The molecule has 170 valence electrons. The van der Waals surface area contributed by atoms with Crippen molar-refractivity contribution in [3.8, 4) is 0 Å². The quantitative estimate of drug-likeness (QED) is 0.711. The number of likely N-dealkylation sites (tertiary alicyclic amines) is 1. The maximum Gasteiger partial charge on any atom is 0.243 e. The number of anilines is 1. The van der Waals surface area contributed by atoms with Gasteiger partial charge in [0.15, 0.2) is 0 Å². The molecule has 0 bridgehead atoms. The minimum atomic E-state index is -3.54. The number of hydrogen-bond acceptors (Lipinski definition) is 4. The van der Waals surface area contributed by atoms with Gasteiger partial charge in [0.1, 0.15) is 6.54 Å². The Morgan fingerprint density at radius 1 is 1.03 bits per heavy atom. The van der Waals surface area contributed by atoms with Crippen LogP contribution in [0, 0.1) is 5.92 Å². The zero-order chi connectivity index (χ0) is 22.2. The van der Waals surface area contributed by atoms with Gasteiger partial charge >= 0.3 is 0 Å². The van der Waals surface area contributed by atoms with Crippen LogP contribution in [-0.4, -0.2) is 61.7 Å². The highest BCUT2D eigenvalue weighted by atomic mass is 32.2. The van der Waals surface area contributed by atoms with Gasteiger partial charge in [-0.1, -0.05) is 6.92 Å². The summed E-state index contributed by atoms with van der Waals surface area (Å²) in [6, 6.07) is 5.20. The van der Waals surface area contributed by atoms with E-state index in [2.05, 4.69) is 13.8 Å². The molecule has 0 radical (unpaired) electrons. The van der Waals surface area contributed by atoms with Crippen LogP contribution in [0.5, 0.6) is 0 Å². The summed E-state index contributed by atoms with van der Waals surface area (Å²) in [5.74, 6) is 0.438. The highest BCUT2D eigenvalue weighted by Gasteiger charge is 2.33. The molecule has 0 aliphatic carbocycles. The van der Waals surface area contributed by atoms with Crippen LogP contribution in [-0.2, 0) is 26.0 Å². The fraction of sp³-hybridized carbons (Fsp3) is 0.652. The molecule has 31 heavy (non-hydrogen) atoms. The average Bonchev–Trinajstić information content (AvgIpc) is 2.76. The molecule has 0 N–H and O–H groups in total. The van der Waals surface area contributed by atoms with Gasteiger partial charge in [-0.3, -0.25) is 9.59 Å². The van der Waals surface area contributed by atoms with Crippen molar-refractivity contribution in [1.82, 2.24) is 9.21 Å². The minimum absolute atomic E-state index is 0.0201. The number of aryl methyl sites for hydroxylation is 1. The van der Waals surface area contributed by atoms with Gasteiger partial charge in [0.2, 0.25) is 21.8 Å². The van der Waals surface area contributed by atoms with Crippen molar-refractivity contribution in [3.05, 3.63) is 23.8 Å². The van der Waals surface area contributed by atoms with E-state index in [0.29, 0.717) is 37.5 Å². The lowest BCUT2D eigenvalue weighted by Gasteiger charge is -2.36. The topological polar surface area (TPSA) is 78.0 Å². The second kappa shape index (κ2) is 8.90. The summed E-state index contributed by atoms with van der Waals surface area (Å²) in [6.07, 6.45) is 5.67. The van der Waals surface area contributed by atoms with Gasteiger partial charge in [-0.25, -0.2) is 8.42 Å². The highest BCUT2D eigenvalue weighted by molar-refractivity contribution is 7.89. The van der Waals surface area contributed by atoms with Crippen LogP contribution in [0.4, 0.5) is 5.69 Å². The van der Waals surface area contributed by atoms with Crippen LogP contribution in [0.2, 0.25) is 0 Å². The molecule has 0 saturated carbocycles. The zero-order valence-corrected chi connectivity index (χ0v) is 19.4. The van der Waals surface area contributed by atoms with Gasteiger partial charge < -0.3 is 9.80 Å². The highest BCUT2D eigenvalue weighted by Crippen LogP contribution is 2.32. The minimum Gasteiger partial charge on any atom is -0.338 e. The first-order valence-corrected chi connectivity index (χ1v) is 12.9. The summed E-state index contributed by atoms with van der Waals surface area (Å²) in [4.78, 5) is 29.3. The molecule has 3 aliphatic rings. The van der Waals surface area contributed by atoms with Crippen molar-refractivity contribution in [1.29, 1.82) is 0 Å². The molecular formula is C23H33N3O4S. The Hall–Kier alpha value is -1.93. The number of fused-ring (bicyclic) bond motifs is 1. The maximum absolute atomic E-state index is 13.1. The van der Waals surface area contributed by atoms with E-state index in [0.717, 1.165) is 44.2 Å².